The molecule has 1 aromatic heterocycles. The van der Waals surface area contributed by atoms with Crippen LogP contribution >= 0.6 is 11.3 Å². The van der Waals surface area contributed by atoms with Gasteiger partial charge in [0.05, 0.1) is 18.9 Å². The maximum Gasteiger partial charge on any atom is 0.321 e. The predicted molar refractivity (Wildman–Crippen MR) is 77.9 cm³/mol. The van der Waals surface area contributed by atoms with Gasteiger partial charge in [-0.25, -0.2) is 4.79 Å². The summed E-state index contributed by atoms with van der Waals surface area (Å²) in [6, 6.07) is 1.88. The third-order valence-corrected chi connectivity index (χ3v) is 4.77. The van der Waals surface area contributed by atoms with Crippen LogP contribution in [-0.4, -0.2) is 43.0 Å². The molecule has 0 unspecified atom stereocenters. The molecule has 2 fully saturated rings. The Morgan fingerprint density at radius 1 is 1.50 bits per heavy atom. The van der Waals surface area contributed by atoms with E-state index in [1.165, 1.54) is 0 Å². The van der Waals surface area contributed by atoms with E-state index in [4.69, 9.17) is 9.47 Å². The van der Waals surface area contributed by atoms with Gasteiger partial charge in [0.2, 0.25) is 0 Å². The van der Waals surface area contributed by atoms with Crippen molar-refractivity contribution in [3.8, 4) is 0 Å². The van der Waals surface area contributed by atoms with Crippen LogP contribution in [0.2, 0.25) is 0 Å². The van der Waals surface area contributed by atoms with Crippen LogP contribution in [0.5, 0.6) is 0 Å². The molecule has 2 aliphatic heterocycles. The summed E-state index contributed by atoms with van der Waals surface area (Å²) >= 11 is 1.58. The number of anilines is 1. The largest absolute Gasteiger partial charge is 0.347 e. The van der Waals surface area contributed by atoms with Crippen molar-refractivity contribution in [3.05, 3.63) is 16.8 Å². The third-order valence-electron chi connectivity index (χ3n) is 4.08. The van der Waals surface area contributed by atoms with E-state index >= 15 is 0 Å². The summed E-state index contributed by atoms with van der Waals surface area (Å²) in [5, 5.41) is 6.82. The van der Waals surface area contributed by atoms with Crippen LogP contribution in [0.4, 0.5) is 10.5 Å². The van der Waals surface area contributed by atoms with Crippen molar-refractivity contribution in [2.24, 2.45) is 5.92 Å². The molecule has 3 rings (SSSR count). The SMILES string of the molecule is CC1([C@@H]2CCCN(C(=O)Nc3ccsc3)C2)OCCO1. The second kappa shape index (κ2) is 5.71. The minimum absolute atomic E-state index is 0.0327. The average Bonchev–Trinajstić information content (AvgIpc) is 3.11. The van der Waals surface area contributed by atoms with Gasteiger partial charge in [-0.1, -0.05) is 0 Å². The number of nitrogens with one attached hydrogen (secondary N) is 1. The van der Waals surface area contributed by atoms with E-state index in [0.717, 1.165) is 25.1 Å². The Bertz CT molecular complexity index is 457. The number of ether oxygens (including phenoxy) is 2. The first-order chi connectivity index (χ1) is 9.67. The van der Waals surface area contributed by atoms with E-state index in [1.54, 1.807) is 11.3 Å². The highest BCUT2D eigenvalue weighted by Crippen LogP contribution is 2.34. The number of urea groups is 1. The molecule has 0 saturated carbocycles. The number of nitrogens with zero attached hydrogens (tertiary/aromatic N) is 1. The molecule has 5 nitrogen and oxygen atoms in total. The highest BCUT2D eigenvalue weighted by molar-refractivity contribution is 7.08. The van der Waals surface area contributed by atoms with E-state index in [-0.39, 0.29) is 11.9 Å². The van der Waals surface area contributed by atoms with E-state index in [0.29, 0.717) is 19.8 Å². The number of likely N-dealkylation sites (tertiary alicyclic amines) is 1. The summed E-state index contributed by atoms with van der Waals surface area (Å²) in [5.74, 6) is -0.284. The van der Waals surface area contributed by atoms with Gasteiger partial charge in [-0.15, -0.1) is 0 Å². The lowest BCUT2D eigenvalue weighted by molar-refractivity contribution is -0.189. The fourth-order valence-electron chi connectivity index (χ4n) is 2.89. The number of carbonyl (C=O) groups is 1. The molecule has 3 heterocycles. The zero-order valence-corrected chi connectivity index (χ0v) is 12.4. The maximum atomic E-state index is 12.3. The Labute approximate surface area is 122 Å². The van der Waals surface area contributed by atoms with Crippen LogP contribution in [0.15, 0.2) is 16.8 Å². The molecular weight excluding hydrogens is 276 g/mol. The number of rotatable bonds is 2. The Balaban J connectivity index is 1.61. The number of hydrogen-bond acceptors (Lipinski definition) is 4. The van der Waals surface area contributed by atoms with Gasteiger partial charge in [0, 0.05) is 24.4 Å². The van der Waals surface area contributed by atoms with Crippen LogP contribution in [0.1, 0.15) is 19.8 Å². The van der Waals surface area contributed by atoms with Crippen molar-refractivity contribution in [2.45, 2.75) is 25.6 Å². The molecular formula is C14H20N2O3S. The molecule has 0 aromatic carbocycles. The number of amides is 2. The topological polar surface area (TPSA) is 50.8 Å². The van der Waals surface area contributed by atoms with Crippen molar-refractivity contribution in [1.82, 2.24) is 4.90 Å². The maximum absolute atomic E-state index is 12.3. The molecule has 1 atom stereocenters. The van der Waals surface area contributed by atoms with Crippen molar-refractivity contribution < 1.29 is 14.3 Å². The zero-order chi connectivity index (χ0) is 14.0. The van der Waals surface area contributed by atoms with Crippen molar-refractivity contribution >= 4 is 23.1 Å². The van der Waals surface area contributed by atoms with Gasteiger partial charge in [-0.2, -0.15) is 11.3 Å². The average molecular weight is 296 g/mol. The molecule has 20 heavy (non-hydrogen) atoms. The first-order valence-electron chi connectivity index (χ1n) is 7.03. The Hall–Kier alpha value is -1.11. The van der Waals surface area contributed by atoms with Crippen LogP contribution < -0.4 is 5.32 Å². The molecule has 0 bridgehead atoms. The van der Waals surface area contributed by atoms with Gasteiger partial charge in [-0.05, 0) is 31.2 Å². The Kier molecular flexibility index (Phi) is 3.96. The molecule has 0 radical (unpaired) electrons. The second-order valence-corrected chi connectivity index (χ2v) is 6.22. The predicted octanol–water partition coefficient (Wildman–Crippen LogP) is 2.76. The molecule has 0 aliphatic carbocycles. The van der Waals surface area contributed by atoms with Crippen molar-refractivity contribution in [3.63, 3.8) is 0 Å². The van der Waals surface area contributed by atoms with Crippen molar-refractivity contribution in [2.75, 3.05) is 31.6 Å². The third kappa shape index (κ3) is 2.82. The summed E-state index contributed by atoms with van der Waals surface area (Å²) in [7, 11) is 0. The smallest absolute Gasteiger partial charge is 0.321 e. The van der Waals surface area contributed by atoms with Crippen LogP contribution in [-0.2, 0) is 9.47 Å². The van der Waals surface area contributed by atoms with Crippen molar-refractivity contribution in [1.29, 1.82) is 0 Å². The molecule has 2 saturated heterocycles. The Morgan fingerprint density at radius 3 is 3.00 bits per heavy atom. The number of hydrogen-bond donors (Lipinski definition) is 1. The van der Waals surface area contributed by atoms with Gasteiger partial charge in [0.15, 0.2) is 5.79 Å². The minimum atomic E-state index is -0.526. The summed E-state index contributed by atoms with van der Waals surface area (Å²) in [5.41, 5.74) is 0.863. The second-order valence-electron chi connectivity index (χ2n) is 5.44. The standard InChI is InChI=1S/C14H20N2O3S/c1-14(18-6-7-19-14)11-3-2-5-16(9-11)13(17)15-12-4-8-20-10-12/h4,8,10-11H,2-3,5-7,9H2,1H3,(H,15,17)/t11-/m1/s1. The number of piperidine rings is 1. The summed E-state index contributed by atoms with van der Waals surface area (Å²) in [6.07, 6.45) is 2.03. The molecule has 1 aromatic rings. The fourth-order valence-corrected chi connectivity index (χ4v) is 3.48. The molecule has 2 amide bonds. The molecule has 2 aliphatic rings. The quantitative estimate of drug-likeness (QED) is 0.913. The van der Waals surface area contributed by atoms with Crippen LogP contribution in [0.3, 0.4) is 0 Å². The van der Waals surface area contributed by atoms with E-state index < -0.39 is 5.79 Å². The lowest BCUT2D eigenvalue weighted by Gasteiger charge is -2.39. The highest BCUT2D eigenvalue weighted by Gasteiger charge is 2.42. The molecule has 110 valence electrons. The fraction of sp³-hybridized carbons (Fsp3) is 0.643. The lowest BCUT2D eigenvalue weighted by Crippen LogP contribution is -2.49. The molecule has 6 heteroatoms. The van der Waals surface area contributed by atoms with Gasteiger partial charge < -0.3 is 19.7 Å². The number of thiophene rings is 1. The monoisotopic (exact) mass is 296 g/mol. The summed E-state index contributed by atoms with van der Waals surface area (Å²) < 4.78 is 11.5. The van der Waals surface area contributed by atoms with Crippen LogP contribution in [0, 0.1) is 5.92 Å². The van der Waals surface area contributed by atoms with Gasteiger partial charge in [0.25, 0.3) is 0 Å². The first-order valence-corrected chi connectivity index (χ1v) is 7.98. The van der Waals surface area contributed by atoms with Gasteiger partial charge in [0.1, 0.15) is 0 Å². The lowest BCUT2D eigenvalue weighted by atomic mass is 9.90. The summed E-state index contributed by atoms with van der Waals surface area (Å²) in [6.45, 7) is 4.77. The summed E-state index contributed by atoms with van der Waals surface area (Å²) in [4.78, 5) is 14.1. The normalized spacial score (nSPS) is 25.6. The van der Waals surface area contributed by atoms with Gasteiger partial charge in [-0.3, -0.25) is 0 Å². The van der Waals surface area contributed by atoms with Gasteiger partial charge >= 0.3 is 6.03 Å². The Morgan fingerprint density at radius 2 is 2.30 bits per heavy atom. The van der Waals surface area contributed by atoms with E-state index in [9.17, 15) is 4.79 Å². The minimum Gasteiger partial charge on any atom is -0.347 e. The number of carbonyl (C=O) groups excluding carboxylic acids is 1. The first kappa shape index (κ1) is 13.9. The zero-order valence-electron chi connectivity index (χ0n) is 11.6. The van der Waals surface area contributed by atoms with E-state index in [2.05, 4.69) is 5.32 Å². The van der Waals surface area contributed by atoms with E-state index in [1.807, 2.05) is 28.7 Å². The van der Waals surface area contributed by atoms with Crippen LogP contribution in [0.25, 0.3) is 0 Å². The molecule has 1 N–H and O–H groups in total. The molecule has 0 spiro atoms. The highest BCUT2D eigenvalue weighted by atomic mass is 32.1.